The molecule has 33 heavy (non-hydrogen) atoms. The molecule has 8 rings (SSSR count). The predicted octanol–water partition coefficient (Wildman–Crippen LogP) is 4.08. The number of aromatic nitrogens is 2. The first kappa shape index (κ1) is 18.6. The second kappa shape index (κ2) is 6.07. The quantitative estimate of drug-likeness (QED) is 0.278. The Kier molecular flexibility index (Phi) is 3.41. The van der Waals surface area contributed by atoms with Crippen molar-refractivity contribution in [1.82, 2.24) is 9.13 Å². The fourth-order valence-corrected chi connectivity index (χ4v) is 6.30. The zero-order valence-corrected chi connectivity index (χ0v) is 17.7. The van der Waals surface area contributed by atoms with Crippen molar-refractivity contribution in [3.8, 4) is 17.4 Å². The molecule has 3 heterocycles. The SMILES string of the molecule is CCn1c2ccccc2c2cc(-n3c(O)c4c(c3O)C3C=CC4C4C(=O)OC(=O)C34)ccc21. The van der Waals surface area contributed by atoms with E-state index in [1.165, 1.54) is 4.57 Å². The highest BCUT2D eigenvalue weighted by Crippen LogP contribution is 2.60. The van der Waals surface area contributed by atoms with Crippen LogP contribution in [0.5, 0.6) is 11.8 Å². The smallest absolute Gasteiger partial charge is 0.318 e. The van der Waals surface area contributed by atoms with E-state index in [9.17, 15) is 19.8 Å². The number of carbonyl (C=O) groups excluding carboxylic acids is 2. The zero-order valence-electron chi connectivity index (χ0n) is 17.7. The minimum atomic E-state index is -0.661. The number of carbonyl (C=O) groups is 2. The molecular formula is C26H20N2O5. The molecule has 2 bridgehead atoms. The van der Waals surface area contributed by atoms with Crippen molar-refractivity contribution in [1.29, 1.82) is 0 Å². The molecule has 4 aromatic rings. The highest BCUT2D eigenvalue weighted by atomic mass is 16.6. The summed E-state index contributed by atoms with van der Waals surface area (Å²) < 4.78 is 8.55. The van der Waals surface area contributed by atoms with Crippen LogP contribution in [0.25, 0.3) is 27.5 Å². The van der Waals surface area contributed by atoms with Crippen molar-refractivity contribution in [2.45, 2.75) is 25.3 Å². The topological polar surface area (TPSA) is 93.7 Å². The number of aromatic hydroxyl groups is 2. The molecule has 0 spiro atoms. The lowest BCUT2D eigenvalue weighted by molar-refractivity contribution is -0.153. The lowest BCUT2D eigenvalue weighted by Crippen LogP contribution is -2.36. The maximum atomic E-state index is 12.4. The van der Waals surface area contributed by atoms with Gasteiger partial charge in [-0.15, -0.1) is 0 Å². The van der Waals surface area contributed by atoms with E-state index in [1.54, 1.807) is 0 Å². The van der Waals surface area contributed by atoms with Crippen LogP contribution in [0, 0.1) is 11.8 Å². The summed E-state index contributed by atoms with van der Waals surface area (Å²) in [6.07, 6.45) is 3.69. The Morgan fingerprint density at radius 2 is 1.45 bits per heavy atom. The number of rotatable bonds is 2. The first-order chi connectivity index (χ1) is 16.0. The van der Waals surface area contributed by atoms with E-state index in [-0.39, 0.29) is 11.8 Å². The summed E-state index contributed by atoms with van der Waals surface area (Å²) in [5.74, 6) is -3.67. The molecule has 0 amide bonds. The van der Waals surface area contributed by atoms with E-state index in [0.717, 1.165) is 28.4 Å². The van der Waals surface area contributed by atoms with E-state index in [1.807, 2.05) is 42.5 Å². The van der Waals surface area contributed by atoms with Gasteiger partial charge in [0.25, 0.3) is 0 Å². The maximum absolute atomic E-state index is 12.4. The maximum Gasteiger partial charge on any atom is 0.318 e. The molecule has 2 N–H and O–H groups in total. The lowest BCUT2D eigenvalue weighted by atomic mass is 9.61. The molecule has 1 fully saturated rings. The highest BCUT2D eigenvalue weighted by molar-refractivity contribution is 6.08. The van der Waals surface area contributed by atoms with Gasteiger partial charge in [0, 0.05) is 51.3 Å². The number of para-hydroxylation sites is 1. The summed E-state index contributed by atoms with van der Waals surface area (Å²) in [5.41, 5.74) is 3.82. The van der Waals surface area contributed by atoms with Gasteiger partial charge in [0.2, 0.25) is 11.8 Å². The van der Waals surface area contributed by atoms with Crippen LogP contribution < -0.4 is 0 Å². The molecule has 0 saturated carbocycles. The lowest BCUT2D eigenvalue weighted by Gasteiger charge is -2.37. The molecule has 2 aromatic heterocycles. The summed E-state index contributed by atoms with van der Waals surface area (Å²) in [7, 11) is 0. The largest absolute Gasteiger partial charge is 0.494 e. The number of cyclic esters (lactones) is 2. The first-order valence-corrected chi connectivity index (χ1v) is 11.1. The Morgan fingerprint density at radius 1 is 0.848 bits per heavy atom. The van der Waals surface area contributed by atoms with Gasteiger partial charge in [-0.2, -0.15) is 0 Å². The molecule has 1 aliphatic heterocycles. The third-order valence-electron chi connectivity index (χ3n) is 7.62. The van der Waals surface area contributed by atoms with Crippen LogP contribution in [0.4, 0.5) is 0 Å². The Balaban J connectivity index is 1.47. The summed E-state index contributed by atoms with van der Waals surface area (Å²) in [6, 6.07) is 14.0. The first-order valence-electron chi connectivity index (χ1n) is 11.1. The van der Waals surface area contributed by atoms with Crippen molar-refractivity contribution in [2.75, 3.05) is 0 Å². The fourth-order valence-electron chi connectivity index (χ4n) is 6.30. The second-order valence-corrected chi connectivity index (χ2v) is 9.00. The minimum Gasteiger partial charge on any atom is -0.494 e. The molecule has 0 radical (unpaired) electrons. The van der Waals surface area contributed by atoms with Gasteiger partial charge in [0.15, 0.2) is 0 Å². The Hall–Kier alpha value is -4.00. The van der Waals surface area contributed by atoms with Crippen LogP contribution in [0.1, 0.15) is 29.9 Å². The molecule has 4 atom stereocenters. The molecule has 3 aliphatic carbocycles. The van der Waals surface area contributed by atoms with Gasteiger partial charge in [-0.3, -0.25) is 14.2 Å². The van der Waals surface area contributed by atoms with Crippen LogP contribution in [0.2, 0.25) is 0 Å². The van der Waals surface area contributed by atoms with Gasteiger partial charge in [-0.1, -0.05) is 30.4 Å². The van der Waals surface area contributed by atoms with Crippen LogP contribution in [0.3, 0.4) is 0 Å². The van der Waals surface area contributed by atoms with E-state index >= 15 is 0 Å². The third-order valence-corrected chi connectivity index (χ3v) is 7.62. The number of nitrogens with zero attached hydrogens (tertiary/aromatic N) is 2. The summed E-state index contributed by atoms with van der Waals surface area (Å²) >= 11 is 0. The Bertz CT molecular complexity index is 1520. The zero-order chi connectivity index (χ0) is 22.6. The molecule has 7 nitrogen and oxygen atoms in total. The van der Waals surface area contributed by atoms with Crippen molar-refractivity contribution < 1.29 is 24.5 Å². The van der Waals surface area contributed by atoms with Gasteiger partial charge in [0.05, 0.1) is 17.5 Å². The van der Waals surface area contributed by atoms with E-state index in [2.05, 4.69) is 23.6 Å². The standard InChI is InChI=1S/C26H20N2O5/c1-2-27-17-6-4-3-5-13(17)16-11-12(7-10-18(16)27)28-23(29)19-14-8-9-15(20(19)24(28)30)22-21(14)25(31)33-26(22)32/h3-11,14-15,21-22,29-30H,2H2,1H3. The average Bonchev–Trinajstić information content (AvgIpc) is 3.42. The van der Waals surface area contributed by atoms with Gasteiger partial charge < -0.3 is 19.5 Å². The molecule has 4 aliphatic rings. The molecule has 7 heteroatoms. The van der Waals surface area contributed by atoms with Crippen molar-refractivity contribution >= 4 is 33.7 Å². The average molecular weight is 440 g/mol. The van der Waals surface area contributed by atoms with Crippen LogP contribution in [-0.2, 0) is 20.9 Å². The minimum absolute atomic E-state index is 0.106. The monoisotopic (exact) mass is 440 g/mol. The van der Waals surface area contributed by atoms with Crippen LogP contribution in [-0.4, -0.2) is 31.3 Å². The fraction of sp³-hybridized carbons (Fsp3) is 0.231. The molecular weight excluding hydrogens is 420 g/mol. The summed E-state index contributed by atoms with van der Waals surface area (Å²) in [4.78, 5) is 24.7. The van der Waals surface area contributed by atoms with E-state index < -0.39 is 35.6 Å². The number of aryl methyl sites for hydroxylation is 1. The number of ether oxygens (including phenoxy) is 1. The van der Waals surface area contributed by atoms with Crippen LogP contribution in [0.15, 0.2) is 54.6 Å². The second-order valence-electron chi connectivity index (χ2n) is 9.00. The number of hydrogen-bond acceptors (Lipinski definition) is 5. The Morgan fingerprint density at radius 3 is 2.09 bits per heavy atom. The summed E-state index contributed by atoms with van der Waals surface area (Å²) in [5, 5.41) is 24.6. The number of esters is 2. The third kappa shape index (κ3) is 2.10. The molecule has 1 saturated heterocycles. The summed E-state index contributed by atoms with van der Waals surface area (Å²) in [6.45, 7) is 2.92. The number of fused-ring (bicyclic) bond motifs is 3. The normalized spacial score (nSPS) is 25.1. The van der Waals surface area contributed by atoms with Gasteiger partial charge in [-0.05, 0) is 31.2 Å². The number of benzene rings is 2. The molecule has 2 aromatic carbocycles. The van der Waals surface area contributed by atoms with Crippen molar-refractivity contribution in [3.05, 3.63) is 65.7 Å². The van der Waals surface area contributed by atoms with E-state index in [0.29, 0.717) is 16.8 Å². The highest BCUT2D eigenvalue weighted by Gasteiger charge is 2.59. The number of allylic oxidation sites excluding steroid dienone is 2. The Labute approximate surface area is 188 Å². The van der Waals surface area contributed by atoms with Crippen molar-refractivity contribution in [3.63, 3.8) is 0 Å². The predicted molar refractivity (Wildman–Crippen MR) is 120 cm³/mol. The van der Waals surface area contributed by atoms with Gasteiger partial charge in [0.1, 0.15) is 0 Å². The molecule has 4 unspecified atom stereocenters. The van der Waals surface area contributed by atoms with Gasteiger partial charge in [-0.25, -0.2) is 0 Å². The van der Waals surface area contributed by atoms with Crippen LogP contribution >= 0.6 is 0 Å². The number of hydrogen-bond donors (Lipinski definition) is 2. The van der Waals surface area contributed by atoms with E-state index in [4.69, 9.17) is 4.74 Å². The molecule has 164 valence electrons. The van der Waals surface area contributed by atoms with Gasteiger partial charge >= 0.3 is 11.9 Å². The van der Waals surface area contributed by atoms with Crippen molar-refractivity contribution in [2.24, 2.45) is 11.8 Å².